The van der Waals surface area contributed by atoms with Crippen LogP contribution in [0.25, 0.3) is 11.2 Å². The Morgan fingerprint density at radius 3 is 2.70 bits per heavy atom. The number of aromatic amines is 1. The molecule has 3 aromatic rings. The van der Waals surface area contributed by atoms with Gasteiger partial charge < -0.3 is 15.6 Å². The summed E-state index contributed by atoms with van der Waals surface area (Å²) in [6.45, 7) is 1.56. The van der Waals surface area contributed by atoms with Gasteiger partial charge in [0.2, 0.25) is 5.95 Å². The lowest BCUT2D eigenvalue weighted by Crippen LogP contribution is -2.35. The second-order valence-corrected chi connectivity index (χ2v) is 6.61. The Labute approximate surface area is 155 Å². The lowest BCUT2D eigenvalue weighted by atomic mass is 10.1. The van der Waals surface area contributed by atoms with Crippen molar-refractivity contribution >= 4 is 34.6 Å². The molecule has 1 saturated heterocycles. The number of carbonyl (C=O) groups is 2. The second-order valence-electron chi connectivity index (χ2n) is 6.61. The molecule has 1 aliphatic rings. The van der Waals surface area contributed by atoms with Crippen molar-refractivity contribution in [2.24, 2.45) is 0 Å². The number of nitrogens with two attached hydrogens (primary N) is 1. The summed E-state index contributed by atoms with van der Waals surface area (Å²) in [4.78, 5) is 38.3. The Kier molecular flexibility index (Phi) is 4.45. The van der Waals surface area contributed by atoms with Gasteiger partial charge in [-0.1, -0.05) is 6.07 Å². The summed E-state index contributed by atoms with van der Waals surface area (Å²) in [6, 6.07) is 8.40. The number of rotatable bonds is 3. The molecule has 0 bridgehead atoms. The molecule has 27 heavy (non-hydrogen) atoms. The summed E-state index contributed by atoms with van der Waals surface area (Å²) < 4.78 is 0. The SMILES string of the molecule is Nc1cccc(C(=O)Nc2nc3ncc(C(=O)N4CCCCC4)cc3[nH]2)c1. The lowest BCUT2D eigenvalue weighted by molar-refractivity contribution is 0.0724. The number of fused-ring (bicyclic) bond motifs is 1. The molecule has 0 aliphatic carbocycles. The van der Waals surface area contributed by atoms with Crippen LogP contribution in [0, 0.1) is 0 Å². The first kappa shape index (κ1) is 17.0. The minimum atomic E-state index is -0.328. The highest BCUT2D eigenvalue weighted by Gasteiger charge is 2.19. The van der Waals surface area contributed by atoms with E-state index in [-0.39, 0.29) is 17.8 Å². The van der Waals surface area contributed by atoms with Crippen LogP contribution in [0.15, 0.2) is 36.5 Å². The van der Waals surface area contributed by atoms with Crippen molar-refractivity contribution in [3.63, 3.8) is 0 Å². The molecule has 8 nitrogen and oxygen atoms in total. The number of H-pyrrole nitrogens is 1. The standard InChI is InChI=1S/C19H20N6O2/c20-14-6-4-5-12(9-14)17(26)24-19-22-15-10-13(11-21-16(15)23-19)18(27)25-7-2-1-3-8-25/h4-6,9-11H,1-3,7-8,20H2,(H2,21,22,23,24,26). The topological polar surface area (TPSA) is 117 Å². The fraction of sp³-hybridized carbons (Fsp3) is 0.263. The van der Waals surface area contributed by atoms with Crippen LogP contribution in [-0.2, 0) is 0 Å². The van der Waals surface area contributed by atoms with E-state index in [1.165, 1.54) is 6.20 Å². The van der Waals surface area contributed by atoms with Crippen molar-refractivity contribution in [1.29, 1.82) is 0 Å². The molecule has 0 radical (unpaired) electrons. The minimum Gasteiger partial charge on any atom is -0.399 e. The number of hydrogen-bond donors (Lipinski definition) is 3. The minimum absolute atomic E-state index is 0.0240. The maximum atomic E-state index is 12.6. The predicted molar refractivity (Wildman–Crippen MR) is 102 cm³/mol. The maximum absolute atomic E-state index is 12.6. The van der Waals surface area contributed by atoms with E-state index in [1.807, 2.05) is 4.90 Å². The van der Waals surface area contributed by atoms with Crippen molar-refractivity contribution in [2.75, 3.05) is 24.1 Å². The number of hydrogen-bond acceptors (Lipinski definition) is 5. The summed E-state index contributed by atoms with van der Waals surface area (Å²) in [5.41, 5.74) is 8.20. The van der Waals surface area contributed by atoms with Gasteiger partial charge in [-0.15, -0.1) is 0 Å². The molecule has 2 amide bonds. The Hall–Kier alpha value is -3.42. The highest BCUT2D eigenvalue weighted by Crippen LogP contribution is 2.18. The Bertz CT molecular complexity index is 1010. The predicted octanol–water partition coefficient (Wildman–Crippen LogP) is 2.42. The van der Waals surface area contributed by atoms with E-state index in [2.05, 4.69) is 20.3 Å². The van der Waals surface area contributed by atoms with Crippen LogP contribution in [0.4, 0.5) is 11.6 Å². The summed E-state index contributed by atoms with van der Waals surface area (Å²) >= 11 is 0. The van der Waals surface area contributed by atoms with Gasteiger partial charge >= 0.3 is 0 Å². The van der Waals surface area contributed by atoms with Crippen LogP contribution < -0.4 is 11.1 Å². The van der Waals surface area contributed by atoms with Crippen LogP contribution in [0.1, 0.15) is 40.0 Å². The van der Waals surface area contributed by atoms with Crippen LogP contribution >= 0.6 is 0 Å². The van der Waals surface area contributed by atoms with Crippen LogP contribution in [0.2, 0.25) is 0 Å². The molecule has 8 heteroatoms. The van der Waals surface area contributed by atoms with Gasteiger partial charge in [0.05, 0.1) is 11.1 Å². The van der Waals surface area contributed by atoms with Gasteiger partial charge in [-0.05, 0) is 43.5 Å². The number of nitrogen functional groups attached to an aromatic ring is 1. The number of benzene rings is 1. The third-order valence-electron chi connectivity index (χ3n) is 4.61. The van der Waals surface area contributed by atoms with Crippen molar-refractivity contribution < 1.29 is 9.59 Å². The highest BCUT2D eigenvalue weighted by molar-refractivity contribution is 6.04. The number of aromatic nitrogens is 3. The van der Waals surface area contributed by atoms with Gasteiger partial charge in [-0.3, -0.25) is 14.9 Å². The monoisotopic (exact) mass is 364 g/mol. The maximum Gasteiger partial charge on any atom is 0.258 e. The average Bonchev–Trinajstić information content (AvgIpc) is 3.09. The van der Waals surface area contributed by atoms with Gasteiger partial charge in [-0.2, -0.15) is 4.98 Å². The lowest BCUT2D eigenvalue weighted by Gasteiger charge is -2.26. The first-order valence-electron chi connectivity index (χ1n) is 8.92. The number of carbonyl (C=O) groups excluding carboxylic acids is 2. The van der Waals surface area contributed by atoms with E-state index in [4.69, 9.17) is 5.73 Å². The van der Waals surface area contributed by atoms with Crippen molar-refractivity contribution in [3.05, 3.63) is 47.7 Å². The van der Waals surface area contributed by atoms with Crippen LogP contribution in [0.5, 0.6) is 0 Å². The highest BCUT2D eigenvalue weighted by atomic mass is 16.2. The Morgan fingerprint density at radius 2 is 1.93 bits per heavy atom. The Balaban J connectivity index is 1.54. The molecule has 138 valence electrons. The van der Waals surface area contributed by atoms with E-state index in [9.17, 15) is 9.59 Å². The molecule has 0 atom stereocenters. The fourth-order valence-corrected chi connectivity index (χ4v) is 3.22. The second kappa shape index (κ2) is 7.06. The van der Waals surface area contributed by atoms with E-state index in [0.717, 1.165) is 32.4 Å². The molecule has 0 spiro atoms. The zero-order chi connectivity index (χ0) is 18.8. The molecule has 1 aliphatic heterocycles. The number of nitrogens with zero attached hydrogens (tertiary/aromatic N) is 3. The zero-order valence-electron chi connectivity index (χ0n) is 14.7. The third-order valence-corrected chi connectivity index (χ3v) is 4.61. The van der Waals surface area contributed by atoms with Crippen molar-refractivity contribution in [2.45, 2.75) is 19.3 Å². The molecule has 0 unspecified atom stereocenters. The Morgan fingerprint density at radius 1 is 1.11 bits per heavy atom. The average molecular weight is 364 g/mol. The third kappa shape index (κ3) is 3.59. The number of imidazole rings is 1. The number of piperidine rings is 1. The number of pyridine rings is 1. The normalized spacial score (nSPS) is 14.3. The van der Waals surface area contributed by atoms with E-state index in [0.29, 0.717) is 28.0 Å². The molecular weight excluding hydrogens is 344 g/mol. The molecule has 3 heterocycles. The number of likely N-dealkylation sites (tertiary alicyclic amines) is 1. The summed E-state index contributed by atoms with van der Waals surface area (Å²) in [6.07, 6.45) is 4.76. The van der Waals surface area contributed by atoms with Crippen molar-refractivity contribution in [3.8, 4) is 0 Å². The van der Waals surface area contributed by atoms with E-state index in [1.54, 1.807) is 30.3 Å². The zero-order valence-corrected chi connectivity index (χ0v) is 14.7. The van der Waals surface area contributed by atoms with Gasteiger partial charge in [-0.25, -0.2) is 4.98 Å². The van der Waals surface area contributed by atoms with Gasteiger partial charge in [0.15, 0.2) is 5.65 Å². The first-order valence-corrected chi connectivity index (χ1v) is 8.92. The smallest absolute Gasteiger partial charge is 0.258 e. The first-order chi connectivity index (χ1) is 13.1. The van der Waals surface area contributed by atoms with Crippen LogP contribution in [-0.4, -0.2) is 44.8 Å². The molecule has 4 rings (SSSR count). The van der Waals surface area contributed by atoms with Crippen molar-refractivity contribution in [1.82, 2.24) is 19.9 Å². The summed E-state index contributed by atoms with van der Waals surface area (Å²) in [7, 11) is 0. The van der Waals surface area contributed by atoms with Gasteiger partial charge in [0, 0.05) is 30.5 Å². The van der Waals surface area contributed by atoms with E-state index < -0.39 is 0 Å². The summed E-state index contributed by atoms with van der Waals surface area (Å²) in [5, 5.41) is 2.69. The fourth-order valence-electron chi connectivity index (χ4n) is 3.22. The quantitative estimate of drug-likeness (QED) is 0.617. The molecule has 1 fully saturated rings. The molecule has 4 N–H and O–H groups in total. The molecule has 2 aromatic heterocycles. The van der Waals surface area contributed by atoms with E-state index >= 15 is 0 Å². The number of nitrogens with one attached hydrogen (secondary N) is 2. The van der Waals surface area contributed by atoms with Gasteiger partial charge in [0.1, 0.15) is 0 Å². The molecule has 1 aromatic carbocycles. The number of amides is 2. The number of anilines is 2. The molecule has 0 saturated carbocycles. The van der Waals surface area contributed by atoms with Crippen LogP contribution in [0.3, 0.4) is 0 Å². The largest absolute Gasteiger partial charge is 0.399 e. The summed E-state index contributed by atoms with van der Waals surface area (Å²) in [5.74, 6) is -0.0810. The van der Waals surface area contributed by atoms with Gasteiger partial charge in [0.25, 0.3) is 11.8 Å². The molecular formula is C19H20N6O2.